The first-order valence-electron chi connectivity index (χ1n) is 10.8. The first kappa shape index (κ1) is 20.9. The van der Waals surface area contributed by atoms with Crippen LogP contribution in [-0.2, 0) is 10.0 Å². The van der Waals surface area contributed by atoms with Gasteiger partial charge in [-0.15, -0.1) is 0 Å². The topological polar surface area (TPSA) is 73.5 Å². The van der Waals surface area contributed by atoms with E-state index in [1.54, 1.807) is 12.1 Å². The molecule has 1 fully saturated rings. The van der Waals surface area contributed by atoms with E-state index in [9.17, 15) is 13.2 Å². The van der Waals surface area contributed by atoms with Crippen LogP contribution in [0.2, 0.25) is 0 Å². The zero-order valence-corrected chi connectivity index (χ0v) is 18.7. The summed E-state index contributed by atoms with van der Waals surface area (Å²) >= 11 is 0. The monoisotopic (exact) mass is 447 g/mol. The first-order valence-corrected chi connectivity index (χ1v) is 12.2. The second-order valence-electron chi connectivity index (χ2n) is 8.28. The number of nitrogens with zero attached hydrogens (tertiary/aromatic N) is 2. The molecule has 0 unspecified atom stereocenters. The number of aromatic amines is 1. The van der Waals surface area contributed by atoms with E-state index < -0.39 is 10.0 Å². The van der Waals surface area contributed by atoms with Gasteiger partial charge in [0, 0.05) is 48.3 Å². The number of hydrogen-bond acceptors (Lipinski definition) is 4. The Hall–Kier alpha value is -3.00. The lowest BCUT2D eigenvalue weighted by Crippen LogP contribution is -2.49. The minimum atomic E-state index is -3.57. The Morgan fingerprint density at radius 2 is 1.59 bits per heavy atom. The van der Waals surface area contributed by atoms with Crippen molar-refractivity contribution in [3.8, 4) is 0 Å². The van der Waals surface area contributed by atoms with Crippen molar-refractivity contribution in [1.82, 2.24) is 14.2 Å². The molecule has 0 bridgehead atoms. The summed E-state index contributed by atoms with van der Waals surface area (Å²) in [7, 11) is -3.57. The number of piperazine rings is 1. The third kappa shape index (κ3) is 3.72. The maximum Gasteiger partial charge on any atom is 0.243 e. The lowest BCUT2D eigenvalue weighted by molar-refractivity contribution is 0.0903. The molecule has 1 aliphatic heterocycles. The molecule has 1 saturated heterocycles. The van der Waals surface area contributed by atoms with Crippen LogP contribution in [0, 0.1) is 6.92 Å². The van der Waals surface area contributed by atoms with Crippen molar-refractivity contribution in [1.29, 1.82) is 0 Å². The van der Waals surface area contributed by atoms with Gasteiger partial charge in [0.05, 0.1) is 11.4 Å². The number of sulfonamides is 1. The normalized spacial score (nSPS) is 16.0. The van der Waals surface area contributed by atoms with Gasteiger partial charge in [-0.1, -0.05) is 48.5 Å². The molecule has 0 radical (unpaired) electrons. The van der Waals surface area contributed by atoms with Gasteiger partial charge in [-0.3, -0.25) is 9.69 Å². The summed E-state index contributed by atoms with van der Waals surface area (Å²) in [6.07, 6.45) is 0. The smallest absolute Gasteiger partial charge is 0.243 e. The molecule has 164 valence electrons. The lowest BCUT2D eigenvalue weighted by Gasteiger charge is -2.33. The number of nitrogens with one attached hydrogen (secondary N) is 1. The van der Waals surface area contributed by atoms with E-state index in [4.69, 9.17) is 0 Å². The number of Topliss-reactive ketones (excluding diaryl/α,β-unsaturated/α-hetero) is 1. The summed E-state index contributed by atoms with van der Waals surface area (Å²) < 4.78 is 27.9. The number of hydrogen-bond donors (Lipinski definition) is 1. The third-order valence-electron chi connectivity index (χ3n) is 6.23. The van der Waals surface area contributed by atoms with E-state index in [0.717, 1.165) is 32.9 Å². The zero-order chi connectivity index (χ0) is 22.3. The highest BCUT2D eigenvalue weighted by Crippen LogP contribution is 2.24. The summed E-state index contributed by atoms with van der Waals surface area (Å²) in [5, 5.41) is 2.86. The highest BCUT2D eigenvalue weighted by Gasteiger charge is 2.30. The summed E-state index contributed by atoms with van der Waals surface area (Å²) in [4.78, 5) is 18.7. The molecule has 1 aromatic heterocycles. The van der Waals surface area contributed by atoms with Crippen LogP contribution in [0.1, 0.15) is 16.1 Å². The maximum absolute atomic E-state index is 13.2. The Kier molecular flexibility index (Phi) is 5.33. The van der Waals surface area contributed by atoms with Crippen molar-refractivity contribution < 1.29 is 13.2 Å². The van der Waals surface area contributed by atoms with Crippen molar-refractivity contribution in [3.05, 3.63) is 78.0 Å². The van der Waals surface area contributed by atoms with E-state index in [1.165, 1.54) is 4.31 Å². The number of rotatable bonds is 5. The van der Waals surface area contributed by atoms with Gasteiger partial charge in [-0.05, 0) is 35.9 Å². The predicted octanol–water partition coefficient (Wildman–Crippen LogP) is 3.82. The number of benzene rings is 3. The first-order chi connectivity index (χ1) is 15.4. The van der Waals surface area contributed by atoms with Crippen molar-refractivity contribution in [2.24, 2.45) is 0 Å². The van der Waals surface area contributed by atoms with Gasteiger partial charge in [-0.2, -0.15) is 4.31 Å². The Bertz CT molecular complexity index is 1420. The molecule has 32 heavy (non-hydrogen) atoms. The second kappa shape index (κ2) is 8.16. The molecule has 1 aliphatic rings. The van der Waals surface area contributed by atoms with E-state index in [2.05, 4.69) is 4.98 Å². The van der Waals surface area contributed by atoms with Crippen molar-refractivity contribution >= 4 is 37.5 Å². The van der Waals surface area contributed by atoms with Crippen LogP contribution in [0.25, 0.3) is 21.7 Å². The minimum absolute atomic E-state index is 0.0609. The highest BCUT2D eigenvalue weighted by atomic mass is 32.2. The standard InChI is InChI=1S/C25H25N3O3S/c1-18-25(22-8-4-5-9-23(22)26-18)24(29)17-27-12-14-28(15-13-27)32(30,31)21-11-10-19-6-2-3-7-20(19)16-21/h2-11,16,26H,12-15,17H2,1H3. The summed E-state index contributed by atoms with van der Waals surface area (Å²) in [6, 6.07) is 20.8. The van der Waals surface area contributed by atoms with Gasteiger partial charge < -0.3 is 4.98 Å². The fraction of sp³-hybridized carbons (Fsp3) is 0.240. The summed E-state index contributed by atoms with van der Waals surface area (Å²) in [5.41, 5.74) is 2.56. The van der Waals surface area contributed by atoms with E-state index in [0.29, 0.717) is 31.1 Å². The number of carbonyl (C=O) groups is 1. The molecule has 7 heteroatoms. The van der Waals surface area contributed by atoms with Gasteiger partial charge in [-0.25, -0.2) is 8.42 Å². The molecule has 0 saturated carbocycles. The third-order valence-corrected chi connectivity index (χ3v) is 8.12. The molecule has 0 aliphatic carbocycles. The molecule has 1 N–H and O–H groups in total. The number of para-hydroxylation sites is 1. The van der Waals surface area contributed by atoms with Crippen molar-refractivity contribution in [3.63, 3.8) is 0 Å². The van der Waals surface area contributed by atoms with Crippen molar-refractivity contribution in [2.75, 3.05) is 32.7 Å². The quantitative estimate of drug-likeness (QED) is 0.472. The molecule has 3 aromatic carbocycles. The number of aromatic nitrogens is 1. The van der Waals surface area contributed by atoms with Crippen LogP contribution < -0.4 is 0 Å². The number of ketones is 1. The molecule has 5 rings (SSSR count). The van der Waals surface area contributed by atoms with Gasteiger partial charge >= 0.3 is 0 Å². The molecular weight excluding hydrogens is 422 g/mol. The maximum atomic E-state index is 13.2. The fourth-order valence-corrected chi connectivity index (χ4v) is 5.98. The Morgan fingerprint density at radius 1 is 0.906 bits per heavy atom. The number of H-pyrrole nitrogens is 1. The molecule has 6 nitrogen and oxygen atoms in total. The van der Waals surface area contributed by atoms with E-state index in [1.807, 2.05) is 66.4 Å². The molecular formula is C25H25N3O3S. The number of aryl methyl sites for hydroxylation is 1. The summed E-state index contributed by atoms with van der Waals surface area (Å²) in [6.45, 7) is 4.00. The minimum Gasteiger partial charge on any atom is -0.358 e. The molecule has 0 amide bonds. The van der Waals surface area contributed by atoms with Crippen LogP contribution in [0.15, 0.2) is 71.6 Å². The molecule has 4 aromatic rings. The SMILES string of the molecule is Cc1[nH]c2ccccc2c1C(=O)CN1CCN(S(=O)(=O)c2ccc3ccccc3c2)CC1. The average molecular weight is 448 g/mol. The van der Waals surface area contributed by atoms with Gasteiger partial charge in [0.25, 0.3) is 0 Å². The average Bonchev–Trinajstić information content (AvgIpc) is 3.15. The van der Waals surface area contributed by atoms with E-state index in [-0.39, 0.29) is 12.3 Å². The molecule has 0 atom stereocenters. The Balaban J connectivity index is 1.28. The summed E-state index contributed by atoms with van der Waals surface area (Å²) in [5.74, 6) is 0.0609. The Labute approximate surface area is 187 Å². The second-order valence-corrected chi connectivity index (χ2v) is 10.2. The van der Waals surface area contributed by atoms with Crippen LogP contribution in [0.4, 0.5) is 0 Å². The predicted molar refractivity (Wildman–Crippen MR) is 127 cm³/mol. The van der Waals surface area contributed by atoms with Gasteiger partial charge in [0.1, 0.15) is 0 Å². The van der Waals surface area contributed by atoms with Gasteiger partial charge in [0.2, 0.25) is 10.0 Å². The Morgan fingerprint density at radius 3 is 2.38 bits per heavy atom. The van der Waals surface area contributed by atoms with Crippen molar-refractivity contribution in [2.45, 2.75) is 11.8 Å². The van der Waals surface area contributed by atoms with E-state index >= 15 is 0 Å². The largest absolute Gasteiger partial charge is 0.358 e. The van der Waals surface area contributed by atoms with Crippen LogP contribution in [0.3, 0.4) is 0 Å². The molecule has 2 heterocycles. The number of fused-ring (bicyclic) bond motifs is 2. The zero-order valence-electron chi connectivity index (χ0n) is 17.9. The van der Waals surface area contributed by atoms with Crippen LogP contribution in [0.5, 0.6) is 0 Å². The van der Waals surface area contributed by atoms with Gasteiger partial charge in [0.15, 0.2) is 5.78 Å². The highest BCUT2D eigenvalue weighted by molar-refractivity contribution is 7.89. The van der Waals surface area contributed by atoms with Crippen LogP contribution in [-0.4, -0.2) is 61.1 Å². The van der Waals surface area contributed by atoms with Crippen LogP contribution >= 0.6 is 0 Å². The lowest BCUT2D eigenvalue weighted by atomic mass is 10.1. The number of carbonyl (C=O) groups excluding carboxylic acids is 1. The fourth-order valence-electron chi connectivity index (χ4n) is 4.52. The molecule has 0 spiro atoms.